The Labute approximate surface area is 89.3 Å². The molecular weight excluding hydrogens is 218 g/mol. The van der Waals surface area contributed by atoms with Crippen molar-refractivity contribution in [3.63, 3.8) is 0 Å². The van der Waals surface area contributed by atoms with E-state index in [1.807, 2.05) is 0 Å². The van der Waals surface area contributed by atoms with Crippen molar-refractivity contribution in [3.05, 3.63) is 38.3 Å². The Balaban J connectivity index is 2.98. The van der Waals surface area contributed by atoms with Crippen LogP contribution in [0.1, 0.15) is 6.92 Å². The second-order valence-corrected chi connectivity index (χ2v) is 3.42. The molecule has 0 aliphatic rings. The van der Waals surface area contributed by atoms with E-state index in [2.05, 4.69) is 9.97 Å². The third-order valence-electron chi connectivity index (χ3n) is 2.15. The summed E-state index contributed by atoms with van der Waals surface area (Å²) in [5.41, 5.74) is -0.368. The van der Waals surface area contributed by atoms with E-state index in [0.29, 0.717) is 17.4 Å². The lowest BCUT2D eigenvalue weighted by Crippen LogP contribution is -2.34. The highest BCUT2D eigenvalue weighted by Gasteiger charge is 2.06. The van der Waals surface area contributed by atoms with Gasteiger partial charge in [0.15, 0.2) is 0 Å². The first kappa shape index (κ1) is 9.92. The number of fused-ring (bicyclic) bond motifs is 1. The van der Waals surface area contributed by atoms with Gasteiger partial charge in [-0.2, -0.15) is 0 Å². The molecule has 0 unspecified atom stereocenters. The summed E-state index contributed by atoms with van der Waals surface area (Å²) in [6.45, 7) is 2.05. The van der Waals surface area contributed by atoms with Crippen molar-refractivity contribution >= 4 is 22.5 Å². The van der Waals surface area contributed by atoms with Crippen LogP contribution in [0.15, 0.2) is 21.9 Å². The molecule has 5 nitrogen and oxygen atoms in total. The van der Waals surface area contributed by atoms with E-state index >= 15 is 0 Å². The minimum Gasteiger partial charge on any atom is -0.306 e. The van der Waals surface area contributed by atoms with Crippen molar-refractivity contribution in [1.29, 1.82) is 0 Å². The number of pyridine rings is 1. The van der Waals surface area contributed by atoms with Gasteiger partial charge in [-0.3, -0.25) is 9.36 Å². The molecule has 2 rings (SSSR count). The Morgan fingerprint density at radius 3 is 2.93 bits per heavy atom. The summed E-state index contributed by atoms with van der Waals surface area (Å²) in [4.78, 5) is 29.6. The van der Waals surface area contributed by atoms with Crippen LogP contribution in [0.4, 0.5) is 0 Å². The zero-order valence-electron chi connectivity index (χ0n) is 7.95. The fraction of sp³-hybridized carbons (Fsp3) is 0.222. The number of aromatic amines is 1. The zero-order chi connectivity index (χ0) is 11.0. The fourth-order valence-corrected chi connectivity index (χ4v) is 1.57. The zero-order valence-corrected chi connectivity index (χ0v) is 8.71. The number of nitrogens with zero attached hydrogens (tertiary/aromatic N) is 2. The van der Waals surface area contributed by atoms with E-state index < -0.39 is 5.69 Å². The molecule has 0 saturated heterocycles. The molecule has 0 radical (unpaired) electrons. The molecular formula is C9H8ClN3O2. The highest BCUT2D eigenvalue weighted by atomic mass is 35.5. The van der Waals surface area contributed by atoms with Gasteiger partial charge in [-0.25, -0.2) is 9.78 Å². The third-order valence-corrected chi connectivity index (χ3v) is 2.36. The predicted octanol–water partition coefficient (Wildman–Crippen LogP) is 0.758. The molecule has 0 aliphatic carbocycles. The minimum absolute atomic E-state index is 0.242. The maximum Gasteiger partial charge on any atom is 0.328 e. The Hall–Kier alpha value is -1.62. The van der Waals surface area contributed by atoms with Crippen molar-refractivity contribution in [2.24, 2.45) is 0 Å². The van der Waals surface area contributed by atoms with Gasteiger partial charge in [-0.15, -0.1) is 0 Å². The van der Waals surface area contributed by atoms with E-state index in [4.69, 9.17) is 11.6 Å². The molecule has 0 atom stereocenters. The lowest BCUT2D eigenvalue weighted by atomic mass is 10.3. The molecule has 2 aromatic rings. The maximum atomic E-state index is 11.8. The summed E-state index contributed by atoms with van der Waals surface area (Å²) in [6.07, 6.45) is 1.36. The standard InChI is InChI=1S/C9H8ClN3O2/c1-2-13-8(14)5-4-11-7(10)3-6(5)12-9(13)15/h3-4H,2H2,1H3,(H,12,15). The van der Waals surface area contributed by atoms with Crippen molar-refractivity contribution in [2.45, 2.75) is 13.5 Å². The quantitative estimate of drug-likeness (QED) is 0.729. The van der Waals surface area contributed by atoms with E-state index in [9.17, 15) is 9.59 Å². The van der Waals surface area contributed by atoms with Gasteiger partial charge < -0.3 is 4.98 Å². The SMILES string of the molecule is CCn1c(=O)[nH]c2cc(Cl)ncc2c1=O. The molecule has 0 fully saturated rings. The molecule has 0 aliphatic heterocycles. The molecule has 6 heteroatoms. The predicted molar refractivity (Wildman–Crippen MR) is 57.3 cm³/mol. The summed E-state index contributed by atoms with van der Waals surface area (Å²) in [7, 11) is 0. The van der Waals surface area contributed by atoms with Crippen molar-refractivity contribution in [1.82, 2.24) is 14.5 Å². The van der Waals surface area contributed by atoms with Crippen LogP contribution in [0.2, 0.25) is 5.15 Å². The Kier molecular flexibility index (Phi) is 2.32. The van der Waals surface area contributed by atoms with Gasteiger partial charge in [0.2, 0.25) is 0 Å². The number of rotatable bonds is 1. The smallest absolute Gasteiger partial charge is 0.306 e. The van der Waals surface area contributed by atoms with Crippen LogP contribution in [0.5, 0.6) is 0 Å². The van der Waals surface area contributed by atoms with Gasteiger partial charge in [-0.1, -0.05) is 11.6 Å². The second-order valence-electron chi connectivity index (χ2n) is 3.03. The average molecular weight is 226 g/mol. The number of hydrogen-bond acceptors (Lipinski definition) is 3. The number of nitrogens with one attached hydrogen (secondary N) is 1. The Morgan fingerprint density at radius 2 is 2.27 bits per heavy atom. The van der Waals surface area contributed by atoms with Crippen molar-refractivity contribution in [3.8, 4) is 0 Å². The highest BCUT2D eigenvalue weighted by molar-refractivity contribution is 6.29. The summed E-state index contributed by atoms with van der Waals surface area (Å²) in [5.74, 6) is 0. The maximum absolute atomic E-state index is 11.8. The van der Waals surface area contributed by atoms with Gasteiger partial charge in [-0.05, 0) is 13.0 Å². The lowest BCUT2D eigenvalue weighted by Gasteiger charge is -2.02. The molecule has 2 aromatic heterocycles. The fourth-order valence-electron chi connectivity index (χ4n) is 1.41. The number of halogens is 1. The number of aromatic nitrogens is 3. The Bertz CT molecular complexity index is 629. The van der Waals surface area contributed by atoms with Crippen LogP contribution in [0.25, 0.3) is 10.9 Å². The van der Waals surface area contributed by atoms with Gasteiger partial charge in [0.1, 0.15) is 5.15 Å². The normalized spacial score (nSPS) is 10.8. The van der Waals surface area contributed by atoms with E-state index in [0.717, 1.165) is 4.57 Å². The third kappa shape index (κ3) is 1.55. The number of H-pyrrole nitrogens is 1. The van der Waals surface area contributed by atoms with Crippen LogP contribution >= 0.6 is 11.6 Å². The van der Waals surface area contributed by atoms with Crippen LogP contribution in [-0.2, 0) is 6.54 Å². The molecule has 2 heterocycles. The first-order valence-electron chi connectivity index (χ1n) is 4.42. The molecule has 0 amide bonds. The van der Waals surface area contributed by atoms with Gasteiger partial charge in [0.25, 0.3) is 5.56 Å². The van der Waals surface area contributed by atoms with Crippen LogP contribution in [-0.4, -0.2) is 14.5 Å². The molecule has 1 N–H and O–H groups in total. The van der Waals surface area contributed by atoms with Gasteiger partial charge in [0.05, 0.1) is 10.9 Å². The second kappa shape index (κ2) is 3.51. The van der Waals surface area contributed by atoms with E-state index in [-0.39, 0.29) is 10.7 Å². The van der Waals surface area contributed by atoms with Crippen molar-refractivity contribution in [2.75, 3.05) is 0 Å². The van der Waals surface area contributed by atoms with Crippen LogP contribution in [0.3, 0.4) is 0 Å². The highest BCUT2D eigenvalue weighted by Crippen LogP contribution is 2.09. The Morgan fingerprint density at radius 1 is 1.53 bits per heavy atom. The van der Waals surface area contributed by atoms with E-state index in [1.165, 1.54) is 12.3 Å². The number of hydrogen-bond donors (Lipinski definition) is 1. The summed E-state index contributed by atoms with van der Waals surface area (Å²) < 4.78 is 1.11. The van der Waals surface area contributed by atoms with Crippen LogP contribution in [0, 0.1) is 0 Å². The van der Waals surface area contributed by atoms with E-state index in [1.54, 1.807) is 6.92 Å². The molecule has 0 aromatic carbocycles. The summed E-state index contributed by atoms with van der Waals surface area (Å²) >= 11 is 5.66. The molecule has 0 bridgehead atoms. The van der Waals surface area contributed by atoms with Crippen molar-refractivity contribution < 1.29 is 0 Å². The molecule has 78 valence electrons. The monoisotopic (exact) mass is 225 g/mol. The topological polar surface area (TPSA) is 67.8 Å². The molecule has 0 spiro atoms. The van der Waals surface area contributed by atoms with Gasteiger partial charge in [0, 0.05) is 12.7 Å². The van der Waals surface area contributed by atoms with Gasteiger partial charge >= 0.3 is 5.69 Å². The first-order valence-corrected chi connectivity index (χ1v) is 4.79. The average Bonchev–Trinajstić information content (AvgIpc) is 2.17. The van der Waals surface area contributed by atoms with Crippen LogP contribution < -0.4 is 11.2 Å². The minimum atomic E-state index is -0.433. The summed E-state index contributed by atoms with van der Waals surface area (Å²) in [5, 5.41) is 0.604. The lowest BCUT2D eigenvalue weighted by molar-refractivity contribution is 0.684. The largest absolute Gasteiger partial charge is 0.328 e. The first-order chi connectivity index (χ1) is 7.13. The summed E-state index contributed by atoms with van der Waals surface area (Å²) in [6, 6.07) is 1.46. The molecule has 15 heavy (non-hydrogen) atoms. The molecule has 0 saturated carbocycles.